The number of hydrogen-bond acceptors (Lipinski definition) is 5. The zero-order chi connectivity index (χ0) is 21.7. The van der Waals surface area contributed by atoms with Crippen molar-refractivity contribution in [3.05, 3.63) is 40.8 Å². The van der Waals surface area contributed by atoms with E-state index < -0.39 is 10.0 Å². The minimum absolute atomic E-state index is 0.00604. The third-order valence-electron chi connectivity index (χ3n) is 5.30. The summed E-state index contributed by atoms with van der Waals surface area (Å²) in [7, 11) is -3.61. The molecule has 0 radical (unpaired) electrons. The second-order valence-electron chi connectivity index (χ2n) is 7.86. The summed E-state index contributed by atoms with van der Waals surface area (Å²) < 4.78 is 34.2. The maximum absolute atomic E-state index is 13.0. The van der Waals surface area contributed by atoms with Gasteiger partial charge in [0.15, 0.2) is 5.76 Å². The number of nitrogens with one attached hydrogen (secondary N) is 2. The Balaban J connectivity index is 1.83. The van der Waals surface area contributed by atoms with E-state index in [1.165, 1.54) is 19.8 Å². The van der Waals surface area contributed by atoms with Crippen molar-refractivity contribution in [1.29, 1.82) is 0 Å². The van der Waals surface area contributed by atoms with E-state index in [0.29, 0.717) is 28.3 Å². The SMILES string of the molecule is CC(=O)Nc1c(C)noc1/C=C\c1ccc(C)c(S(=O)(=O)NC2CCCCCC2)c1. The standard InChI is InChI=1S/C22H29N3O4S/c1-15-10-11-18(12-13-20-22(23-17(3)26)16(2)24-29-20)14-21(15)30(27,28)25-19-8-6-4-5-7-9-19/h10-14,19,25H,4-9H2,1-3H3,(H,23,26)/b13-12-. The van der Waals surface area contributed by atoms with Crippen LogP contribution < -0.4 is 10.0 Å². The molecule has 3 rings (SSSR count). The molecule has 1 amide bonds. The summed E-state index contributed by atoms with van der Waals surface area (Å²) in [5.74, 6) is 0.188. The molecule has 1 aromatic heterocycles. The zero-order valence-electron chi connectivity index (χ0n) is 17.7. The average Bonchev–Trinajstić information content (AvgIpc) is 2.87. The monoisotopic (exact) mass is 431 g/mol. The molecule has 1 fully saturated rings. The van der Waals surface area contributed by atoms with Crippen molar-refractivity contribution in [3.8, 4) is 0 Å². The van der Waals surface area contributed by atoms with Gasteiger partial charge < -0.3 is 9.84 Å². The number of nitrogens with zero attached hydrogens (tertiary/aromatic N) is 1. The Morgan fingerprint density at radius 2 is 1.83 bits per heavy atom. The topological polar surface area (TPSA) is 101 Å². The Hall–Kier alpha value is -2.45. The highest BCUT2D eigenvalue weighted by Gasteiger charge is 2.23. The van der Waals surface area contributed by atoms with Crippen LogP contribution in [0.3, 0.4) is 0 Å². The quantitative estimate of drug-likeness (QED) is 0.659. The van der Waals surface area contributed by atoms with E-state index in [0.717, 1.165) is 25.7 Å². The first kappa shape index (κ1) is 22.2. The Labute approximate surface area is 178 Å². The summed E-state index contributed by atoms with van der Waals surface area (Å²) in [5.41, 5.74) is 2.49. The molecule has 2 N–H and O–H groups in total. The smallest absolute Gasteiger partial charge is 0.241 e. The van der Waals surface area contributed by atoms with E-state index in [1.807, 2.05) is 6.07 Å². The molecule has 0 saturated heterocycles. The minimum atomic E-state index is -3.61. The molecule has 0 unspecified atom stereocenters. The van der Waals surface area contributed by atoms with Gasteiger partial charge in [0.25, 0.3) is 0 Å². The van der Waals surface area contributed by atoms with Crippen LogP contribution in [0.4, 0.5) is 5.69 Å². The van der Waals surface area contributed by atoms with Gasteiger partial charge in [-0.05, 0) is 50.0 Å². The number of carbonyl (C=O) groups excluding carboxylic acids is 1. The normalized spacial score (nSPS) is 16.0. The molecule has 0 atom stereocenters. The van der Waals surface area contributed by atoms with E-state index in [-0.39, 0.29) is 16.8 Å². The lowest BCUT2D eigenvalue weighted by Crippen LogP contribution is -2.34. The van der Waals surface area contributed by atoms with Gasteiger partial charge in [-0.25, -0.2) is 13.1 Å². The van der Waals surface area contributed by atoms with Gasteiger partial charge in [-0.2, -0.15) is 0 Å². The highest BCUT2D eigenvalue weighted by Crippen LogP contribution is 2.25. The average molecular weight is 432 g/mol. The number of aryl methyl sites for hydroxylation is 2. The lowest BCUT2D eigenvalue weighted by atomic mass is 10.1. The molecule has 1 aliphatic carbocycles. The van der Waals surface area contributed by atoms with Crippen molar-refractivity contribution in [2.75, 3.05) is 5.32 Å². The fourth-order valence-electron chi connectivity index (χ4n) is 3.69. The number of aromatic nitrogens is 1. The molecule has 2 aromatic rings. The van der Waals surface area contributed by atoms with Gasteiger partial charge in [0.05, 0.1) is 4.90 Å². The number of carbonyl (C=O) groups is 1. The van der Waals surface area contributed by atoms with Crippen LogP contribution >= 0.6 is 0 Å². The summed E-state index contributed by atoms with van der Waals surface area (Å²) >= 11 is 0. The Bertz CT molecular complexity index is 1030. The van der Waals surface area contributed by atoms with Gasteiger partial charge in [0.2, 0.25) is 15.9 Å². The van der Waals surface area contributed by atoms with E-state index in [4.69, 9.17) is 4.52 Å². The first-order chi connectivity index (χ1) is 14.3. The second-order valence-corrected chi connectivity index (χ2v) is 9.54. The summed E-state index contributed by atoms with van der Waals surface area (Å²) in [5, 5.41) is 6.58. The highest BCUT2D eigenvalue weighted by atomic mass is 32.2. The highest BCUT2D eigenvalue weighted by molar-refractivity contribution is 7.89. The zero-order valence-corrected chi connectivity index (χ0v) is 18.5. The maximum atomic E-state index is 13.0. The third-order valence-corrected chi connectivity index (χ3v) is 6.96. The molecular formula is C22H29N3O4S. The Morgan fingerprint density at radius 1 is 1.13 bits per heavy atom. The first-order valence-electron chi connectivity index (χ1n) is 10.3. The van der Waals surface area contributed by atoms with Gasteiger partial charge in [-0.1, -0.05) is 49.0 Å². The molecular weight excluding hydrogens is 402 g/mol. The largest absolute Gasteiger partial charge is 0.354 e. The van der Waals surface area contributed by atoms with Crippen LogP contribution in [0.15, 0.2) is 27.6 Å². The number of hydrogen-bond donors (Lipinski definition) is 2. The van der Waals surface area contributed by atoms with Crippen LogP contribution in [0.25, 0.3) is 12.2 Å². The van der Waals surface area contributed by atoms with Gasteiger partial charge in [0, 0.05) is 13.0 Å². The fourth-order valence-corrected chi connectivity index (χ4v) is 5.28. The van der Waals surface area contributed by atoms with Crippen LogP contribution in [0, 0.1) is 13.8 Å². The number of rotatable bonds is 6. The number of sulfonamides is 1. The molecule has 7 nitrogen and oxygen atoms in total. The van der Waals surface area contributed by atoms with E-state index in [2.05, 4.69) is 15.2 Å². The van der Waals surface area contributed by atoms with Crippen molar-refractivity contribution in [1.82, 2.24) is 9.88 Å². The predicted octanol–water partition coefficient (Wildman–Crippen LogP) is 4.42. The summed E-state index contributed by atoms with van der Waals surface area (Å²) in [6, 6.07) is 5.29. The maximum Gasteiger partial charge on any atom is 0.241 e. The van der Waals surface area contributed by atoms with Gasteiger partial charge in [0.1, 0.15) is 11.4 Å². The number of amides is 1. The van der Waals surface area contributed by atoms with Gasteiger partial charge >= 0.3 is 0 Å². The number of benzene rings is 1. The molecule has 1 heterocycles. The molecule has 0 bridgehead atoms. The van der Waals surface area contributed by atoms with Crippen molar-refractivity contribution in [3.63, 3.8) is 0 Å². The van der Waals surface area contributed by atoms with Crippen molar-refractivity contribution < 1.29 is 17.7 Å². The van der Waals surface area contributed by atoms with Crippen molar-refractivity contribution >= 4 is 33.8 Å². The summed E-state index contributed by atoms with van der Waals surface area (Å²) in [4.78, 5) is 11.7. The third kappa shape index (κ3) is 5.58. The molecule has 8 heteroatoms. The van der Waals surface area contributed by atoms with Crippen molar-refractivity contribution in [2.45, 2.75) is 70.2 Å². The fraction of sp³-hybridized carbons (Fsp3) is 0.455. The molecule has 1 aromatic carbocycles. The molecule has 0 spiro atoms. The second kappa shape index (κ2) is 9.57. The number of anilines is 1. The Morgan fingerprint density at radius 3 is 2.50 bits per heavy atom. The van der Waals surface area contributed by atoms with Crippen LogP contribution in [-0.4, -0.2) is 25.5 Å². The van der Waals surface area contributed by atoms with E-state index >= 15 is 0 Å². The molecule has 162 valence electrons. The van der Waals surface area contributed by atoms with Gasteiger partial charge in [-0.3, -0.25) is 4.79 Å². The lowest BCUT2D eigenvalue weighted by molar-refractivity contribution is -0.114. The van der Waals surface area contributed by atoms with Gasteiger partial charge in [-0.15, -0.1) is 0 Å². The lowest BCUT2D eigenvalue weighted by Gasteiger charge is -2.17. The van der Waals surface area contributed by atoms with E-state index in [1.54, 1.807) is 38.1 Å². The van der Waals surface area contributed by atoms with Crippen LogP contribution in [0.1, 0.15) is 68.0 Å². The minimum Gasteiger partial charge on any atom is -0.354 e. The molecule has 0 aliphatic heterocycles. The summed E-state index contributed by atoms with van der Waals surface area (Å²) in [6.07, 6.45) is 9.63. The first-order valence-corrected chi connectivity index (χ1v) is 11.8. The van der Waals surface area contributed by atoms with Crippen LogP contribution in [-0.2, 0) is 14.8 Å². The Kier molecular flexibility index (Phi) is 7.10. The molecule has 30 heavy (non-hydrogen) atoms. The van der Waals surface area contributed by atoms with E-state index in [9.17, 15) is 13.2 Å². The van der Waals surface area contributed by atoms with Crippen molar-refractivity contribution in [2.24, 2.45) is 0 Å². The molecule has 1 saturated carbocycles. The summed E-state index contributed by atoms with van der Waals surface area (Å²) in [6.45, 7) is 4.95. The molecule has 1 aliphatic rings. The predicted molar refractivity (Wildman–Crippen MR) is 117 cm³/mol. The van der Waals surface area contributed by atoms with Crippen LogP contribution in [0.2, 0.25) is 0 Å². The van der Waals surface area contributed by atoms with Crippen LogP contribution in [0.5, 0.6) is 0 Å².